The quantitative estimate of drug-likeness (QED) is 0.858. The lowest BCUT2D eigenvalue weighted by atomic mass is 10.2. The van der Waals surface area contributed by atoms with Crippen LogP contribution in [0.15, 0.2) is 18.3 Å². The van der Waals surface area contributed by atoms with E-state index in [2.05, 4.69) is 22.1 Å². The molecule has 0 bridgehead atoms. The molecule has 1 atom stereocenters. The third-order valence-electron chi connectivity index (χ3n) is 3.63. The van der Waals surface area contributed by atoms with Crippen LogP contribution < -0.4 is 11.1 Å². The molecule has 0 aromatic carbocycles. The van der Waals surface area contributed by atoms with Gasteiger partial charge < -0.3 is 11.1 Å². The fourth-order valence-electron chi connectivity index (χ4n) is 2.54. The molecular formula is C14H24Cl2N4O. The molecule has 0 radical (unpaired) electrons. The largest absolute Gasteiger partial charge is 0.397 e. The number of likely N-dealkylation sites (N-methyl/N-ethyl adjacent to an activating group) is 1. The average molecular weight is 335 g/mol. The third-order valence-corrected chi connectivity index (χ3v) is 3.63. The summed E-state index contributed by atoms with van der Waals surface area (Å²) in [6, 6.07) is 4.06. The van der Waals surface area contributed by atoms with Gasteiger partial charge in [-0.1, -0.05) is 6.92 Å². The van der Waals surface area contributed by atoms with E-state index in [-0.39, 0.29) is 30.7 Å². The van der Waals surface area contributed by atoms with Gasteiger partial charge in [-0.3, -0.25) is 14.7 Å². The number of nitrogens with two attached hydrogens (primary N) is 1. The maximum absolute atomic E-state index is 11.8. The Kier molecular flexibility index (Phi) is 9.33. The lowest BCUT2D eigenvalue weighted by molar-refractivity contribution is -0.120. The smallest absolute Gasteiger partial charge is 0.226 e. The van der Waals surface area contributed by atoms with Crippen molar-refractivity contribution in [2.75, 3.05) is 25.4 Å². The number of nitrogens with one attached hydrogen (secondary N) is 1. The molecule has 1 aliphatic heterocycles. The molecule has 2 heterocycles. The summed E-state index contributed by atoms with van der Waals surface area (Å²) in [5, 5.41) is 3.00. The van der Waals surface area contributed by atoms with Gasteiger partial charge in [-0.25, -0.2) is 0 Å². The Bertz CT molecular complexity index is 427. The number of aromatic nitrogens is 1. The van der Waals surface area contributed by atoms with E-state index in [0.29, 0.717) is 18.2 Å². The lowest BCUT2D eigenvalue weighted by Gasteiger charge is -2.22. The highest BCUT2D eigenvalue weighted by Crippen LogP contribution is 2.15. The third kappa shape index (κ3) is 6.08. The topological polar surface area (TPSA) is 71.2 Å². The first-order chi connectivity index (χ1) is 9.19. The molecule has 7 heteroatoms. The van der Waals surface area contributed by atoms with Gasteiger partial charge in [0.15, 0.2) is 0 Å². The Balaban J connectivity index is 0.00000200. The number of hydrogen-bond acceptors (Lipinski definition) is 4. The van der Waals surface area contributed by atoms with Crippen molar-refractivity contribution < 1.29 is 4.79 Å². The average Bonchev–Trinajstić information content (AvgIpc) is 2.86. The highest BCUT2D eigenvalue weighted by Gasteiger charge is 2.23. The molecular weight excluding hydrogens is 311 g/mol. The van der Waals surface area contributed by atoms with Crippen molar-refractivity contribution in [1.29, 1.82) is 0 Å². The molecule has 1 amide bonds. The van der Waals surface area contributed by atoms with E-state index in [0.717, 1.165) is 25.3 Å². The van der Waals surface area contributed by atoms with Crippen LogP contribution in [0.4, 0.5) is 5.69 Å². The van der Waals surface area contributed by atoms with Crippen LogP contribution in [0.1, 0.15) is 25.5 Å². The molecule has 1 fully saturated rings. The normalized spacial score (nSPS) is 17.7. The Morgan fingerprint density at radius 1 is 1.48 bits per heavy atom. The van der Waals surface area contributed by atoms with Crippen LogP contribution in [0.3, 0.4) is 0 Å². The first kappa shape index (κ1) is 20.0. The summed E-state index contributed by atoms with van der Waals surface area (Å²) in [4.78, 5) is 18.4. The highest BCUT2D eigenvalue weighted by atomic mass is 35.5. The molecule has 3 N–H and O–H groups in total. The van der Waals surface area contributed by atoms with E-state index in [1.165, 1.54) is 12.8 Å². The predicted octanol–water partition coefficient (Wildman–Crippen LogP) is 1.65. The molecule has 0 spiro atoms. The van der Waals surface area contributed by atoms with Crippen molar-refractivity contribution in [1.82, 2.24) is 15.2 Å². The van der Waals surface area contributed by atoms with Gasteiger partial charge >= 0.3 is 0 Å². The number of anilines is 1. The van der Waals surface area contributed by atoms with Crippen molar-refractivity contribution in [3.8, 4) is 0 Å². The molecule has 0 saturated carbocycles. The number of hydrogen-bond donors (Lipinski definition) is 2. The highest BCUT2D eigenvalue weighted by molar-refractivity contribution is 5.85. The van der Waals surface area contributed by atoms with E-state index in [9.17, 15) is 4.79 Å². The fourth-order valence-corrected chi connectivity index (χ4v) is 2.54. The number of halogens is 2. The molecule has 1 aliphatic rings. The predicted molar refractivity (Wildman–Crippen MR) is 90.1 cm³/mol. The van der Waals surface area contributed by atoms with Gasteiger partial charge in [0, 0.05) is 18.3 Å². The molecule has 21 heavy (non-hydrogen) atoms. The van der Waals surface area contributed by atoms with Crippen molar-refractivity contribution in [3.63, 3.8) is 0 Å². The Morgan fingerprint density at radius 2 is 2.24 bits per heavy atom. The maximum Gasteiger partial charge on any atom is 0.226 e. The summed E-state index contributed by atoms with van der Waals surface area (Å²) in [5.74, 6) is 0.0280. The SMILES string of the molecule is CCN1CCCC1CNC(=O)Cc1ccc(N)cn1.Cl.Cl. The van der Waals surface area contributed by atoms with Crippen LogP contribution >= 0.6 is 24.8 Å². The zero-order valence-electron chi connectivity index (χ0n) is 12.2. The number of pyridine rings is 1. The number of nitrogen functional groups attached to an aromatic ring is 1. The number of rotatable bonds is 5. The zero-order valence-corrected chi connectivity index (χ0v) is 13.9. The van der Waals surface area contributed by atoms with Crippen LogP contribution in [-0.4, -0.2) is 41.5 Å². The minimum absolute atomic E-state index is 0. The number of carbonyl (C=O) groups excluding carboxylic acids is 1. The minimum atomic E-state index is 0. The molecule has 1 aromatic rings. The van der Waals surface area contributed by atoms with E-state index in [1.54, 1.807) is 18.3 Å². The van der Waals surface area contributed by atoms with E-state index >= 15 is 0 Å². The van der Waals surface area contributed by atoms with Crippen molar-refractivity contribution in [2.24, 2.45) is 0 Å². The van der Waals surface area contributed by atoms with Gasteiger partial charge in [-0.05, 0) is 38.1 Å². The van der Waals surface area contributed by atoms with Gasteiger partial charge in [0.1, 0.15) is 0 Å². The molecule has 1 aromatic heterocycles. The van der Waals surface area contributed by atoms with Crippen LogP contribution in [0.25, 0.3) is 0 Å². The maximum atomic E-state index is 11.8. The number of likely N-dealkylation sites (tertiary alicyclic amines) is 1. The van der Waals surface area contributed by atoms with E-state index in [4.69, 9.17) is 5.73 Å². The Labute approximate surface area is 138 Å². The summed E-state index contributed by atoms with van der Waals surface area (Å²) in [5.41, 5.74) is 6.94. The van der Waals surface area contributed by atoms with Gasteiger partial charge in [0.05, 0.1) is 18.3 Å². The van der Waals surface area contributed by atoms with Crippen LogP contribution in [0.2, 0.25) is 0 Å². The van der Waals surface area contributed by atoms with Crippen LogP contribution in [0.5, 0.6) is 0 Å². The minimum Gasteiger partial charge on any atom is -0.397 e. The fraction of sp³-hybridized carbons (Fsp3) is 0.571. The molecule has 0 aliphatic carbocycles. The van der Waals surface area contributed by atoms with Crippen LogP contribution in [-0.2, 0) is 11.2 Å². The van der Waals surface area contributed by atoms with Gasteiger partial charge in [0.2, 0.25) is 5.91 Å². The van der Waals surface area contributed by atoms with Crippen molar-refractivity contribution in [2.45, 2.75) is 32.2 Å². The van der Waals surface area contributed by atoms with Crippen LogP contribution in [0, 0.1) is 0 Å². The molecule has 1 saturated heterocycles. The second kappa shape index (κ2) is 9.82. The summed E-state index contributed by atoms with van der Waals surface area (Å²) in [7, 11) is 0. The van der Waals surface area contributed by atoms with Gasteiger partial charge in [0.25, 0.3) is 0 Å². The number of amides is 1. The lowest BCUT2D eigenvalue weighted by Crippen LogP contribution is -2.40. The van der Waals surface area contributed by atoms with Crippen molar-refractivity contribution >= 4 is 36.4 Å². The summed E-state index contributed by atoms with van der Waals surface area (Å²) in [6.07, 6.45) is 4.31. The second-order valence-corrected chi connectivity index (χ2v) is 4.99. The molecule has 1 unspecified atom stereocenters. The van der Waals surface area contributed by atoms with Gasteiger partial charge in [-0.15, -0.1) is 24.8 Å². The standard InChI is InChI=1S/C14H22N4O.2ClH/c1-2-18-7-3-4-13(18)10-17-14(19)8-12-6-5-11(15)9-16-12;;/h5-6,9,13H,2-4,7-8,10,15H2,1H3,(H,17,19);2*1H. The Hall–Kier alpha value is -1.04. The molecule has 120 valence electrons. The summed E-state index contributed by atoms with van der Waals surface area (Å²) >= 11 is 0. The summed E-state index contributed by atoms with van der Waals surface area (Å²) < 4.78 is 0. The van der Waals surface area contributed by atoms with Crippen molar-refractivity contribution in [3.05, 3.63) is 24.0 Å². The molecule has 5 nitrogen and oxygen atoms in total. The van der Waals surface area contributed by atoms with E-state index < -0.39 is 0 Å². The number of carbonyl (C=O) groups is 1. The monoisotopic (exact) mass is 334 g/mol. The Morgan fingerprint density at radius 3 is 2.86 bits per heavy atom. The molecule has 2 rings (SSSR count). The zero-order chi connectivity index (χ0) is 13.7. The van der Waals surface area contributed by atoms with E-state index in [1.807, 2.05) is 0 Å². The van der Waals surface area contributed by atoms with Gasteiger partial charge in [-0.2, -0.15) is 0 Å². The second-order valence-electron chi connectivity index (χ2n) is 4.99. The first-order valence-corrected chi connectivity index (χ1v) is 6.90. The summed E-state index contributed by atoms with van der Waals surface area (Å²) in [6.45, 7) is 5.11. The number of nitrogens with zero attached hydrogens (tertiary/aromatic N) is 2. The first-order valence-electron chi connectivity index (χ1n) is 6.90.